The van der Waals surface area contributed by atoms with E-state index in [1.54, 1.807) is 0 Å². The van der Waals surface area contributed by atoms with E-state index >= 15 is 0 Å². The Hall–Kier alpha value is 4.00. The van der Waals surface area contributed by atoms with Gasteiger partial charge in [0.15, 0.2) is 0 Å². The molecule has 0 N–H and O–H groups in total. The van der Waals surface area contributed by atoms with E-state index in [-0.39, 0.29) is 120 Å². The first kappa shape index (κ1) is 24.5. The first-order valence-corrected chi connectivity index (χ1v) is 0. The molecule has 0 spiro atoms. The van der Waals surface area contributed by atoms with Crippen molar-refractivity contribution in [1.82, 2.24) is 0 Å². The number of rotatable bonds is 0. The van der Waals surface area contributed by atoms with E-state index in [1.807, 2.05) is 0 Å². The van der Waals surface area contributed by atoms with Gasteiger partial charge in [-0.3, -0.25) is 0 Å². The molecule has 0 valence electrons. The van der Waals surface area contributed by atoms with Gasteiger partial charge in [-0.15, -0.1) is 0 Å². The molecule has 0 nitrogen and oxygen atoms in total. The van der Waals surface area contributed by atoms with Crippen LogP contribution in [0, 0.1) is 0 Å². The first-order chi connectivity index (χ1) is 0. The van der Waals surface area contributed by atoms with E-state index in [0.717, 1.165) is 0 Å². The molecule has 0 radical (unpaired) electrons. The van der Waals surface area contributed by atoms with Crippen LogP contribution in [0.15, 0.2) is 0 Å². The Morgan fingerprint density at radius 1 is 0.500 bits per heavy atom. The summed E-state index contributed by atoms with van der Waals surface area (Å²) in [5, 5.41) is 0. The maximum atomic E-state index is 0. The van der Waals surface area contributed by atoms with Crippen LogP contribution in [0.3, 0.4) is 0 Å². The van der Waals surface area contributed by atoms with Crippen molar-refractivity contribution in [2.24, 2.45) is 0 Å². The molecule has 0 heterocycles. The number of hydrogen-bond acceptors (Lipinski definition) is 0. The zero-order valence-electron chi connectivity index (χ0n) is 5.00. The summed E-state index contributed by atoms with van der Waals surface area (Å²) in [6, 6.07) is 0. The van der Waals surface area contributed by atoms with Crippen LogP contribution < -0.4 is 118 Å². The normalized spacial score (nSPS) is 0. The van der Waals surface area contributed by atoms with Gasteiger partial charge in [0.05, 0.1) is 0 Å². The Balaban J connectivity index is 0. The van der Waals surface area contributed by atoms with Crippen molar-refractivity contribution in [3.8, 4) is 0 Å². The largest absolute Gasteiger partial charge is 1.00 e. The Labute approximate surface area is 117 Å². The van der Waals surface area contributed by atoms with Gasteiger partial charge in [-0.1, -0.05) is 0 Å². The molecule has 0 fully saturated rings. The van der Waals surface area contributed by atoms with Crippen molar-refractivity contribution in [3.63, 3.8) is 0 Å². The molecule has 0 aromatic heterocycles. The Morgan fingerprint density at radius 2 is 0.500 bits per heavy atom. The molecule has 0 aliphatic rings. The van der Waals surface area contributed by atoms with Gasteiger partial charge in [0, 0.05) is 0 Å². The topological polar surface area (TPSA) is 0 Å². The van der Waals surface area contributed by atoms with E-state index in [4.69, 9.17) is 0 Å². The van der Waals surface area contributed by atoms with Crippen molar-refractivity contribution in [3.05, 3.63) is 0 Å². The second-order valence-electron chi connectivity index (χ2n) is 0. The van der Waals surface area contributed by atoms with Crippen molar-refractivity contribution in [2.75, 3.05) is 0 Å². The summed E-state index contributed by atoms with van der Waals surface area (Å²) in [7, 11) is 0. The van der Waals surface area contributed by atoms with Gasteiger partial charge in [0.1, 0.15) is 0 Å². The SMILES string of the molecule is [H+].[Na+].[Na+].[Na+].[Na+]. The molecule has 0 aromatic carbocycles. The summed E-state index contributed by atoms with van der Waals surface area (Å²) in [4.78, 5) is 0. The molecule has 0 aliphatic heterocycles. The molecule has 0 aromatic rings. The van der Waals surface area contributed by atoms with Crippen molar-refractivity contribution < 1.29 is 120 Å². The summed E-state index contributed by atoms with van der Waals surface area (Å²) in [5.74, 6) is 0. The fraction of sp³-hybridized carbons (Fsp3) is 0. The van der Waals surface area contributed by atoms with E-state index < -0.39 is 0 Å². The predicted octanol–water partition coefficient (Wildman–Crippen LogP) is -11.9. The standard InChI is InChI=1S/4Na/q4*+1/p+1. The van der Waals surface area contributed by atoms with Gasteiger partial charge >= 0.3 is 120 Å². The molecule has 0 aliphatic carbocycles. The molecule has 0 rings (SSSR count). The summed E-state index contributed by atoms with van der Waals surface area (Å²) < 4.78 is 0. The molecule has 0 atom stereocenters. The Morgan fingerprint density at radius 3 is 0.500 bits per heavy atom. The van der Waals surface area contributed by atoms with Crippen LogP contribution in [0.1, 0.15) is 1.43 Å². The summed E-state index contributed by atoms with van der Waals surface area (Å²) in [6.07, 6.45) is 0. The van der Waals surface area contributed by atoms with Gasteiger partial charge in [0.25, 0.3) is 0 Å². The third kappa shape index (κ3) is 9.38. The van der Waals surface area contributed by atoms with Gasteiger partial charge < -0.3 is 0 Å². The predicted molar refractivity (Wildman–Crippen MR) is 1.11 cm³/mol. The van der Waals surface area contributed by atoms with Crippen LogP contribution in [0.2, 0.25) is 0 Å². The number of hydrogen-bond donors (Lipinski definition) is 0. The van der Waals surface area contributed by atoms with E-state index in [2.05, 4.69) is 0 Å². The second kappa shape index (κ2) is 15.8. The third-order valence-electron chi connectivity index (χ3n) is 0. The summed E-state index contributed by atoms with van der Waals surface area (Å²) >= 11 is 0. The average Bonchev–Trinajstić information content (AvgIpc) is 0. The molecule has 4 heavy (non-hydrogen) atoms. The molecule has 4 heteroatoms. The van der Waals surface area contributed by atoms with Gasteiger partial charge in [-0.2, -0.15) is 0 Å². The molecule has 0 saturated carbocycles. The minimum absolute atomic E-state index is 0. The summed E-state index contributed by atoms with van der Waals surface area (Å²) in [5.41, 5.74) is 0. The van der Waals surface area contributed by atoms with Gasteiger partial charge in [-0.05, 0) is 0 Å². The molecule has 0 saturated heterocycles. The first-order valence-electron chi connectivity index (χ1n) is 0. The third-order valence-corrected chi connectivity index (χ3v) is 0. The molecule has 0 amide bonds. The van der Waals surface area contributed by atoms with E-state index in [0.29, 0.717) is 0 Å². The van der Waals surface area contributed by atoms with Crippen LogP contribution in [-0.2, 0) is 0 Å². The van der Waals surface area contributed by atoms with Crippen LogP contribution in [0.4, 0.5) is 0 Å². The Kier molecular flexibility index (Phi) is 96.5. The van der Waals surface area contributed by atoms with E-state index in [9.17, 15) is 0 Å². The quantitative estimate of drug-likeness (QED) is 0.261. The van der Waals surface area contributed by atoms with Crippen molar-refractivity contribution in [2.45, 2.75) is 0 Å². The second-order valence-corrected chi connectivity index (χ2v) is 0. The van der Waals surface area contributed by atoms with Crippen LogP contribution in [0.5, 0.6) is 0 Å². The molecular formula is HNa4+5. The van der Waals surface area contributed by atoms with Crippen LogP contribution >= 0.6 is 0 Å². The fourth-order valence-electron chi connectivity index (χ4n) is 0. The van der Waals surface area contributed by atoms with Crippen LogP contribution in [0.25, 0.3) is 0 Å². The molecule has 0 unspecified atom stereocenters. The monoisotopic (exact) mass is 93.0 g/mol. The fourth-order valence-corrected chi connectivity index (χ4v) is 0. The van der Waals surface area contributed by atoms with Gasteiger partial charge in [-0.25, -0.2) is 0 Å². The maximum Gasteiger partial charge on any atom is 1.00 e. The van der Waals surface area contributed by atoms with Crippen LogP contribution in [-0.4, -0.2) is 0 Å². The summed E-state index contributed by atoms with van der Waals surface area (Å²) in [6.45, 7) is 0. The van der Waals surface area contributed by atoms with Crippen molar-refractivity contribution in [1.29, 1.82) is 0 Å². The Bertz CT molecular complexity index is 3.61. The molecular weight excluding hydrogens is 92.0 g/mol. The average molecular weight is 93.0 g/mol. The van der Waals surface area contributed by atoms with Crippen molar-refractivity contribution >= 4 is 0 Å². The zero-order valence-corrected chi connectivity index (χ0v) is 12.0. The minimum Gasteiger partial charge on any atom is 1.00 e. The van der Waals surface area contributed by atoms with E-state index in [1.165, 1.54) is 0 Å². The maximum absolute atomic E-state index is 0. The van der Waals surface area contributed by atoms with Gasteiger partial charge in [0.2, 0.25) is 0 Å². The minimum atomic E-state index is 0. The smallest absolute Gasteiger partial charge is 1.00 e. The zero-order chi connectivity index (χ0) is 0. The molecule has 0 bridgehead atoms.